The van der Waals surface area contributed by atoms with E-state index in [1.54, 1.807) is 0 Å². The predicted molar refractivity (Wildman–Crippen MR) is 105 cm³/mol. The van der Waals surface area contributed by atoms with Crippen molar-refractivity contribution >= 4 is 42.2 Å². The number of aromatic nitrogens is 2. The zero-order valence-electron chi connectivity index (χ0n) is 15.7. The summed E-state index contributed by atoms with van der Waals surface area (Å²) < 4.78 is 5.98. The average Bonchev–Trinajstić information content (AvgIpc) is 2.21. The highest BCUT2D eigenvalue weighted by molar-refractivity contribution is 6.79. The number of hydrogen-bond donors (Lipinski definition) is 2. The number of nitroso groups, excluding NO2 is 1. The zero-order valence-corrected chi connectivity index (χ0v) is 18.7. The Labute approximate surface area is 141 Å². The van der Waals surface area contributed by atoms with Gasteiger partial charge in [0.1, 0.15) is 16.5 Å². The molecule has 0 aromatic carbocycles. The highest BCUT2D eigenvalue weighted by Crippen LogP contribution is 2.36. The Morgan fingerprint density at radius 2 is 1.39 bits per heavy atom. The average molecular weight is 372 g/mol. The van der Waals surface area contributed by atoms with Gasteiger partial charge in [-0.05, 0) is 24.8 Å². The van der Waals surface area contributed by atoms with Gasteiger partial charge < -0.3 is 14.4 Å². The minimum absolute atomic E-state index is 0.163. The number of nitrogens with one attached hydrogen (secondary N) is 2. The third-order valence-corrected chi connectivity index (χ3v) is 5.09. The molecule has 0 bridgehead atoms. The third-order valence-electron chi connectivity index (χ3n) is 2.33. The first kappa shape index (κ1) is 19.8. The summed E-state index contributed by atoms with van der Waals surface area (Å²) in [6.45, 7) is 19.0. The van der Waals surface area contributed by atoms with Gasteiger partial charge in [0, 0.05) is 0 Å². The zero-order chi connectivity index (χ0) is 18.1. The molecule has 0 fully saturated rings. The molecule has 1 heterocycles. The quantitative estimate of drug-likeness (QED) is 0.538. The van der Waals surface area contributed by atoms with Crippen molar-refractivity contribution in [2.45, 2.75) is 58.9 Å². The second-order valence-electron chi connectivity index (χ2n) is 8.61. The number of anilines is 2. The van der Waals surface area contributed by atoms with E-state index in [4.69, 9.17) is 4.43 Å². The van der Waals surface area contributed by atoms with E-state index in [0.29, 0.717) is 11.8 Å². The Morgan fingerprint density at radius 3 is 1.78 bits per heavy atom. The molecular formula is C13H29N5O2Si3. The van der Waals surface area contributed by atoms with Crippen LogP contribution >= 0.6 is 0 Å². The van der Waals surface area contributed by atoms with Crippen LogP contribution in [0.1, 0.15) is 0 Å². The molecule has 2 N–H and O–H groups in total. The summed E-state index contributed by atoms with van der Waals surface area (Å²) in [5.74, 6) is 1.23. The molecule has 0 saturated carbocycles. The Hall–Kier alpha value is -1.27. The Bertz CT molecular complexity index is 539. The number of nitrogens with zero attached hydrogens (tertiary/aromatic N) is 3. The molecule has 0 aliphatic heterocycles. The highest BCUT2D eigenvalue weighted by Gasteiger charge is 2.27. The maximum atomic E-state index is 11.4. The van der Waals surface area contributed by atoms with E-state index in [1.807, 2.05) is 19.6 Å². The molecule has 1 aromatic rings. The molecule has 0 aliphatic rings. The fraction of sp³-hybridized carbons (Fsp3) is 0.692. The van der Waals surface area contributed by atoms with Gasteiger partial charge in [0.2, 0.25) is 25.8 Å². The highest BCUT2D eigenvalue weighted by atomic mass is 28.4. The second kappa shape index (κ2) is 6.69. The van der Waals surface area contributed by atoms with E-state index < -0.39 is 24.8 Å². The molecule has 10 heteroatoms. The van der Waals surface area contributed by atoms with Crippen molar-refractivity contribution in [1.29, 1.82) is 0 Å². The fourth-order valence-corrected chi connectivity index (χ4v) is 4.10. The van der Waals surface area contributed by atoms with Gasteiger partial charge in [0.15, 0.2) is 5.82 Å². The van der Waals surface area contributed by atoms with Crippen LogP contribution in [0, 0.1) is 4.91 Å². The predicted octanol–water partition coefficient (Wildman–Crippen LogP) is 4.58. The second-order valence-corrected chi connectivity index (χ2v) is 22.5. The summed E-state index contributed by atoms with van der Waals surface area (Å²) in [6.07, 6.45) is 0. The molecule has 0 saturated heterocycles. The summed E-state index contributed by atoms with van der Waals surface area (Å²) in [4.78, 5) is 27.0. The van der Waals surface area contributed by atoms with Crippen molar-refractivity contribution in [1.82, 2.24) is 9.97 Å². The molecule has 0 amide bonds. The summed E-state index contributed by atoms with van der Waals surface area (Å²) in [7, 11) is -5.27. The summed E-state index contributed by atoms with van der Waals surface area (Å²) in [5, 5.41) is 3.14. The molecule has 0 radical (unpaired) electrons. The lowest BCUT2D eigenvalue weighted by Gasteiger charge is -2.25. The lowest BCUT2D eigenvalue weighted by molar-refractivity contribution is 0.535. The Morgan fingerprint density at radius 1 is 0.870 bits per heavy atom. The van der Waals surface area contributed by atoms with Crippen molar-refractivity contribution < 1.29 is 4.43 Å². The molecule has 1 aromatic heterocycles. The van der Waals surface area contributed by atoms with Gasteiger partial charge in [-0.1, -0.05) is 39.3 Å². The van der Waals surface area contributed by atoms with Crippen LogP contribution in [0.3, 0.4) is 0 Å². The molecule has 0 aliphatic carbocycles. The molecular weight excluding hydrogens is 342 g/mol. The van der Waals surface area contributed by atoms with E-state index >= 15 is 0 Å². The third kappa shape index (κ3) is 7.22. The SMILES string of the molecule is C[Si](C)(C)Nc1nc(N[Si](C)(C)C)c(N=O)c(O[Si](C)(C)C)n1. The van der Waals surface area contributed by atoms with Crippen molar-refractivity contribution in [2.75, 3.05) is 9.96 Å². The van der Waals surface area contributed by atoms with E-state index in [1.165, 1.54) is 0 Å². The first-order chi connectivity index (χ1) is 10.2. The summed E-state index contributed by atoms with van der Waals surface area (Å²) >= 11 is 0. The molecule has 0 atom stereocenters. The topological polar surface area (TPSA) is 88.5 Å². The van der Waals surface area contributed by atoms with Crippen LogP contribution in [-0.2, 0) is 0 Å². The van der Waals surface area contributed by atoms with Crippen molar-refractivity contribution in [2.24, 2.45) is 5.18 Å². The first-order valence-corrected chi connectivity index (χ1v) is 18.1. The molecule has 23 heavy (non-hydrogen) atoms. The van der Waals surface area contributed by atoms with Gasteiger partial charge in [0.05, 0.1) is 0 Å². The molecule has 0 spiro atoms. The van der Waals surface area contributed by atoms with Crippen molar-refractivity contribution in [3.05, 3.63) is 4.91 Å². The fourth-order valence-electron chi connectivity index (χ4n) is 1.71. The van der Waals surface area contributed by atoms with Crippen LogP contribution in [0.25, 0.3) is 0 Å². The summed E-state index contributed by atoms with van der Waals surface area (Å²) in [6, 6.07) is 0. The normalized spacial score (nSPS) is 12.7. The van der Waals surface area contributed by atoms with Crippen LogP contribution in [0.2, 0.25) is 58.9 Å². The molecule has 0 unspecified atom stereocenters. The molecule has 130 valence electrons. The van der Waals surface area contributed by atoms with Crippen LogP contribution in [0.15, 0.2) is 5.18 Å². The van der Waals surface area contributed by atoms with Gasteiger partial charge in [0.25, 0.3) is 0 Å². The Balaban J connectivity index is 3.43. The maximum Gasteiger partial charge on any atom is 0.244 e. The lowest BCUT2D eigenvalue weighted by atomic mass is 10.5. The summed E-state index contributed by atoms with van der Waals surface area (Å²) in [5.41, 5.74) is 0.163. The van der Waals surface area contributed by atoms with Gasteiger partial charge in [-0.2, -0.15) is 9.97 Å². The van der Waals surface area contributed by atoms with Gasteiger partial charge in [-0.3, -0.25) is 0 Å². The minimum Gasteiger partial charge on any atom is -0.530 e. The van der Waals surface area contributed by atoms with E-state index in [9.17, 15) is 4.91 Å². The van der Waals surface area contributed by atoms with Gasteiger partial charge in [-0.25, -0.2) is 0 Å². The monoisotopic (exact) mass is 371 g/mol. The first-order valence-electron chi connectivity index (χ1n) is 7.71. The van der Waals surface area contributed by atoms with Crippen molar-refractivity contribution in [3.63, 3.8) is 0 Å². The number of hydrogen-bond acceptors (Lipinski definition) is 7. The van der Waals surface area contributed by atoms with Crippen LogP contribution in [-0.4, -0.2) is 34.8 Å². The number of rotatable bonds is 7. The molecule has 7 nitrogen and oxygen atoms in total. The van der Waals surface area contributed by atoms with Gasteiger partial charge >= 0.3 is 0 Å². The van der Waals surface area contributed by atoms with E-state index in [0.717, 1.165) is 0 Å². The van der Waals surface area contributed by atoms with E-state index in [2.05, 4.69) is 64.4 Å². The van der Waals surface area contributed by atoms with Crippen LogP contribution in [0.4, 0.5) is 17.5 Å². The van der Waals surface area contributed by atoms with Crippen LogP contribution in [0.5, 0.6) is 5.88 Å². The largest absolute Gasteiger partial charge is 0.530 e. The van der Waals surface area contributed by atoms with E-state index in [-0.39, 0.29) is 11.6 Å². The van der Waals surface area contributed by atoms with Gasteiger partial charge in [-0.15, -0.1) is 4.91 Å². The smallest absolute Gasteiger partial charge is 0.244 e. The lowest BCUT2D eigenvalue weighted by Crippen LogP contribution is -2.36. The van der Waals surface area contributed by atoms with Crippen LogP contribution < -0.4 is 14.4 Å². The minimum atomic E-state index is -1.93. The Kier molecular flexibility index (Phi) is 5.75. The van der Waals surface area contributed by atoms with Crippen molar-refractivity contribution in [3.8, 4) is 5.88 Å². The maximum absolute atomic E-state index is 11.4. The molecule has 1 rings (SSSR count). The standard InChI is InChI=1S/C13H29N5O2Si3/c1-21(2,3)17-11-10(16-19)12(20-23(7,8)9)15-13(14-11)18-22(4,5)6/h1-9H3,(H2,14,15,17,18).